The van der Waals surface area contributed by atoms with E-state index < -0.39 is 0 Å². The smallest absolute Gasteiger partial charge is 0.338 e. The van der Waals surface area contributed by atoms with Crippen molar-refractivity contribution < 1.29 is 14.3 Å². The molecule has 2 aromatic heterocycles. The summed E-state index contributed by atoms with van der Waals surface area (Å²) in [5.41, 5.74) is 2.64. The normalized spacial score (nSPS) is 10.5. The van der Waals surface area contributed by atoms with Crippen LogP contribution in [0.5, 0.6) is 0 Å². The van der Waals surface area contributed by atoms with Crippen molar-refractivity contribution in [1.29, 1.82) is 0 Å². The van der Waals surface area contributed by atoms with Gasteiger partial charge in [0.15, 0.2) is 0 Å². The monoisotopic (exact) mass is 338 g/mol. The second-order valence-corrected chi connectivity index (χ2v) is 5.42. The number of urea groups is 1. The van der Waals surface area contributed by atoms with Crippen LogP contribution in [0.1, 0.15) is 17.3 Å². The predicted molar refractivity (Wildman–Crippen MR) is 95.8 cm³/mol. The fraction of sp³-hybridized carbons (Fsp3) is 0.167. The molecule has 0 atom stereocenters. The summed E-state index contributed by atoms with van der Waals surface area (Å²) in [6.45, 7) is 2.07. The van der Waals surface area contributed by atoms with Crippen LogP contribution in [0.4, 0.5) is 16.2 Å². The molecule has 0 bridgehead atoms. The van der Waals surface area contributed by atoms with E-state index in [1.165, 1.54) is 0 Å². The highest BCUT2D eigenvalue weighted by molar-refractivity contribution is 6.06. The highest BCUT2D eigenvalue weighted by Crippen LogP contribution is 2.24. The van der Waals surface area contributed by atoms with Crippen molar-refractivity contribution >= 4 is 34.3 Å². The van der Waals surface area contributed by atoms with Gasteiger partial charge in [0, 0.05) is 30.5 Å². The van der Waals surface area contributed by atoms with Gasteiger partial charge >= 0.3 is 12.0 Å². The number of pyridine rings is 1. The van der Waals surface area contributed by atoms with Crippen molar-refractivity contribution in [3.05, 3.63) is 54.5 Å². The molecule has 7 heteroatoms. The van der Waals surface area contributed by atoms with Gasteiger partial charge in [-0.1, -0.05) is 0 Å². The van der Waals surface area contributed by atoms with Crippen molar-refractivity contribution in [3.8, 4) is 0 Å². The number of esters is 1. The summed E-state index contributed by atoms with van der Waals surface area (Å²) in [5, 5.41) is 6.46. The van der Waals surface area contributed by atoms with Crippen molar-refractivity contribution in [3.63, 3.8) is 0 Å². The van der Waals surface area contributed by atoms with E-state index in [0.29, 0.717) is 23.5 Å². The molecule has 2 N–H and O–H groups in total. The standard InChI is InChI=1S/C18H18N4O3/c1-3-25-17(23)12-4-6-13(7-5-12)20-18(24)21-15-11-22(2)16-10-19-9-8-14(15)16/h4-11H,3H2,1-2H3,(H2,20,21,24). The van der Waals surface area contributed by atoms with Gasteiger partial charge in [-0.25, -0.2) is 9.59 Å². The van der Waals surface area contributed by atoms with Crippen LogP contribution in [0, 0.1) is 0 Å². The van der Waals surface area contributed by atoms with Gasteiger partial charge in [0.1, 0.15) is 0 Å². The third kappa shape index (κ3) is 3.60. The number of nitrogens with one attached hydrogen (secondary N) is 2. The van der Waals surface area contributed by atoms with Crippen LogP contribution in [0.15, 0.2) is 48.9 Å². The molecule has 2 heterocycles. The lowest BCUT2D eigenvalue weighted by Gasteiger charge is -2.07. The van der Waals surface area contributed by atoms with E-state index in [1.54, 1.807) is 43.6 Å². The maximum absolute atomic E-state index is 12.2. The summed E-state index contributed by atoms with van der Waals surface area (Å²) in [6.07, 6.45) is 5.25. The Labute approximate surface area is 144 Å². The van der Waals surface area contributed by atoms with Crippen molar-refractivity contribution in [2.75, 3.05) is 17.2 Å². The number of rotatable bonds is 4. The number of aryl methyl sites for hydroxylation is 1. The molecule has 0 aliphatic carbocycles. The first-order valence-electron chi connectivity index (χ1n) is 7.82. The Morgan fingerprint density at radius 2 is 1.92 bits per heavy atom. The Bertz CT molecular complexity index is 916. The lowest BCUT2D eigenvalue weighted by atomic mass is 10.2. The van der Waals surface area contributed by atoms with Crippen LogP contribution in [0.3, 0.4) is 0 Å². The third-order valence-corrected chi connectivity index (χ3v) is 3.70. The minimum absolute atomic E-state index is 0.321. The predicted octanol–water partition coefficient (Wildman–Crippen LogP) is 3.39. The second-order valence-electron chi connectivity index (χ2n) is 5.42. The van der Waals surface area contributed by atoms with Gasteiger partial charge in [-0.05, 0) is 37.3 Å². The number of carbonyl (C=O) groups excluding carboxylic acids is 2. The summed E-state index contributed by atoms with van der Waals surface area (Å²) in [5.74, 6) is -0.386. The first-order chi connectivity index (χ1) is 12.1. The number of amides is 2. The number of ether oxygens (including phenoxy) is 1. The number of hydrogen-bond donors (Lipinski definition) is 2. The van der Waals surface area contributed by atoms with E-state index in [9.17, 15) is 9.59 Å². The molecule has 0 saturated carbocycles. The highest BCUT2D eigenvalue weighted by Gasteiger charge is 2.10. The molecule has 0 radical (unpaired) electrons. The van der Waals surface area contributed by atoms with E-state index in [2.05, 4.69) is 15.6 Å². The number of aromatic nitrogens is 2. The summed E-state index contributed by atoms with van der Waals surface area (Å²) < 4.78 is 6.82. The quantitative estimate of drug-likeness (QED) is 0.714. The van der Waals surface area contributed by atoms with Crippen LogP contribution in [-0.2, 0) is 11.8 Å². The molecule has 1 aromatic carbocycles. The average molecular weight is 338 g/mol. The zero-order valence-electron chi connectivity index (χ0n) is 13.9. The summed E-state index contributed by atoms with van der Waals surface area (Å²) in [4.78, 5) is 27.9. The number of fused-ring (bicyclic) bond motifs is 1. The summed E-state index contributed by atoms with van der Waals surface area (Å²) in [6, 6.07) is 8.00. The number of anilines is 2. The molecule has 0 saturated heterocycles. The molecule has 3 aromatic rings. The van der Waals surface area contributed by atoms with E-state index >= 15 is 0 Å². The highest BCUT2D eigenvalue weighted by atomic mass is 16.5. The Morgan fingerprint density at radius 3 is 2.64 bits per heavy atom. The number of nitrogens with zero attached hydrogens (tertiary/aromatic N) is 2. The fourth-order valence-electron chi connectivity index (χ4n) is 2.52. The Kier molecular flexibility index (Phi) is 4.65. The van der Waals surface area contributed by atoms with Gasteiger partial charge in [0.05, 0.1) is 29.6 Å². The van der Waals surface area contributed by atoms with Crippen molar-refractivity contribution in [2.45, 2.75) is 6.92 Å². The second kappa shape index (κ2) is 7.04. The van der Waals surface area contributed by atoms with Crippen LogP contribution < -0.4 is 10.6 Å². The maximum Gasteiger partial charge on any atom is 0.338 e. The molecule has 0 unspecified atom stereocenters. The lowest BCUT2D eigenvalue weighted by molar-refractivity contribution is 0.0526. The van der Waals surface area contributed by atoms with Gasteiger partial charge in [-0.15, -0.1) is 0 Å². The summed E-state index contributed by atoms with van der Waals surface area (Å²) >= 11 is 0. The first kappa shape index (κ1) is 16.5. The molecular formula is C18H18N4O3. The van der Waals surface area contributed by atoms with Gasteiger partial charge in [0.2, 0.25) is 0 Å². The van der Waals surface area contributed by atoms with Gasteiger partial charge in [0.25, 0.3) is 0 Å². The molecule has 0 aliphatic rings. The van der Waals surface area contributed by atoms with Crippen molar-refractivity contribution in [2.24, 2.45) is 7.05 Å². The molecule has 25 heavy (non-hydrogen) atoms. The Hall–Kier alpha value is -3.35. The maximum atomic E-state index is 12.2. The van der Waals surface area contributed by atoms with Crippen LogP contribution in [-0.4, -0.2) is 28.2 Å². The SMILES string of the molecule is CCOC(=O)c1ccc(NC(=O)Nc2cn(C)c3cnccc23)cc1. The number of hydrogen-bond acceptors (Lipinski definition) is 4. The molecule has 128 valence electrons. The largest absolute Gasteiger partial charge is 0.462 e. The van der Waals surface area contributed by atoms with Gasteiger partial charge in [-0.3, -0.25) is 4.98 Å². The lowest BCUT2D eigenvalue weighted by Crippen LogP contribution is -2.19. The van der Waals surface area contributed by atoms with Crippen molar-refractivity contribution in [1.82, 2.24) is 9.55 Å². The fourth-order valence-corrected chi connectivity index (χ4v) is 2.52. The number of carbonyl (C=O) groups is 2. The Balaban J connectivity index is 1.69. The van der Waals surface area contributed by atoms with E-state index in [1.807, 2.05) is 23.9 Å². The topological polar surface area (TPSA) is 85.2 Å². The molecule has 0 aliphatic heterocycles. The van der Waals surface area contributed by atoms with E-state index in [0.717, 1.165) is 10.9 Å². The van der Waals surface area contributed by atoms with Crippen LogP contribution >= 0.6 is 0 Å². The van der Waals surface area contributed by atoms with E-state index in [-0.39, 0.29) is 12.0 Å². The average Bonchev–Trinajstić information content (AvgIpc) is 2.92. The molecular weight excluding hydrogens is 320 g/mol. The summed E-state index contributed by atoms with van der Waals surface area (Å²) in [7, 11) is 1.89. The molecule has 0 fully saturated rings. The Morgan fingerprint density at radius 1 is 1.16 bits per heavy atom. The zero-order valence-corrected chi connectivity index (χ0v) is 13.9. The van der Waals surface area contributed by atoms with Crippen LogP contribution in [0.25, 0.3) is 10.9 Å². The minimum atomic E-state index is -0.386. The molecule has 3 rings (SSSR count). The zero-order chi connectivity index (χ0) is 17.8. The third-order valence-electron chi connectivity index (χ3n) is 3.70. The molecule has 7 nitrogen and oxygen atoms in total. The molecule has 2 amide bonds. The van der Waals surface area contributed by atoms with Gasteiger partial charge in [-0.2, -0.15) is 0 Å². The van der Waals surface area contributed by atoms with Gasteiger partial charge < -0.3 is 19.9 Å². The molecule has 0 spiro atoms. The van der Waals surface area contributed by atoms with Crippen LogP contribution in [0.2, 0.25) is 0 Å². The minimum Gasteiger partial charge on any atom is -0.462 e. The number of benzene rings is 1. The van der Waals surface area contributed by atoms with E-state index in [4.69, 9.17) is 4.74 Å². The first-order valence-corrected chi connectivity index (χ1v) is 7.82.